The van der Waals surface area contributed by atoms with Crippen molar-refractivity contribution in [3.8, 4) is 22.3 Å². The van der Waals surface area contributed by atoms with Crippen molar-refractivity contribution in [1.82, 2.24) is 0 Å². The zero-order valence-corrected chi connectivity index (χ0v) is 12.3. The van der Waals surface area contributed by atoms with Crippen molar-refractivity contribution in [3.05, 3.63) is 90.8 Å². The molecule has 0 amide bonds. The van der Waals surface area contributed by atoms with Crippen LogP contribution < -0.4 is 0 Å². The van der Waals surface area contributed by atoms with Gasteiger partial charge in [0.15, 0.2) is 0 Å². The second-order valence-corrected chi connectivity index (χ2v) is 5.21. The highest BCUT2D eigenvalue weighted by atomic mass is 14.2. The molecule has 0 aliphatic carbocycles. The summed E-state index contributed by atoms with van der Waals surface area (Å²) in [6.07, 6.45) is 0.990. The normalized spacial score (nSPS) is 10.6. The van der Waals surface area contributed by atoms with Gasteiger partial charge >= 0.3 is 0 Å². The highest BCUT2D eigenvalue weighted by Crippen LogP contribution is 2.36. The van der Waals surface area contributed by atoms with Crippen LogP contribution in [0.4, 0.5) is 0 Å². The Morgan fingerprint density at radius 3 is 1.86 bits per heavy atom. The monoisotopic (exact) mass is 271 g/mol. The molecule has 0 spiro atoms. The number of hydrogen-bond acceptors (Lipinski definition) is 0. The first kappa shape index (κ1) is 13.6. The molecule has 0 saturated carbocycles. The van der Waals surface area contributed by atoms with Crippen LogP contribution in [0, 0.1) is 6.92 Å². The molecule has 21 heavy (non-hydrogen) atoms. The van der Waals surface area contributed by atoms with Crippen LogP contribution in [0.25, 0.3) is 22.3 Å². The van der Waals surface area contributed by atoms with Crippen molar-refractivity contribution in [3.63, 3.8) is 0 Å². The molecule has 0 atom stereocenters. The van der Waals surface area contributed by atoms with Crippen LogP contribution in [0.15, 0.2) is 72.8 Å². The molecule has 0 N–H and O–H groups in total. The first-order valence-electron chi connectivity index (χ1n) is 7.40. The molecule has 3 aromatic rings. The zero-order valence-electron chi connectivity index (χ0n) is 12.3. The summed E-state index contributed by atoms with van der Waals surface area (Å²) in [5, 5.41) is 0. The summed E-state index contributed by atoms with van der Waals surface area (Å²) in [6, 6.07) is 25.5. The van der Waals surface area contributed by atoms with Gasteiger partial charge in [-0.25, -0.2) is 0 Å². The summed E-state index contributed by atoms with van der Waals surface area (Å²) in [4.78, 5) is 0. The third kappa shape index (κ3) is 2.62. The lowest BCUT2D eigenvalue weighted by Crippen LogP contribution is -1.95. The van der Waals surface area contributed by atoms with Gasteiger partial charge in [0.1, 0.15) is 0 Å². The van der Waals surface area contributed by atoms with Gasteiger partial charge in [0, 0.05) is 0 Å². The smallest absolute Gasteiger partial charge is 0.00707 e. The van der Waals surface area contributed by atoms with Crippen molar-refractivity contribution in [2.24, 2.45) is 0 Å². The van der Waals surface area contributed by atoms with E-state index < -0.39 is 0 Å². The van der Waals surface area contributed by atoms with Crippen LogP contribution in [0.1, 0.15) is 18.1 Å². The van der Waals surface area contributed by atoms with Gasteiger partial charge in [-0.15, -0.1) is 0 Å². The van der Waals surface area contributed by atoms with E-state index in [1.807, 2.05) is 0 Å². The van der Waals surface area contributed by atoms with Crippen LogP contribution in [0.5, 0.6) is 0 Å². The minimum atomic E-state index is 0.990. The molecule has 0 aromatic heterocycles. The molecular formula is C21H19. The van der Waals surface area contributed by atoms with E-state index in [0.717, 1.165) is 12.0 Å². The van der Waals surface area contributed by atoms with E-state index in [-0.39, 0.29) is 0 Å². The fourth-order valence-corrected chi connectivity index (χ4v) is 2.89. The van der Waals surface area contributed by atoms with E-state index >= 15 is 0 Å². The van der Waals surface area contributed by atoms with Gasteiger partial charge in [-0.2, -0.15) is 0 Å². The van der Waals surface area contributed by atoms with Gasteiger partial charge in [0.05, 0.1) is 0 Å². The van der Waals surface area contributed by atoms with E-state index in [0.29, 0.717) is 0 Å². The van der Waals surface area contributed by atoms with Crippen molar-refractivity contribution in [2.45, 2.75) is 13.3 Å². The molecule has 0 bridgehead atoms. The van der Waals surface area contributed by atoms with Crippen molar-refractivity contribution >= 4 is 0 Å². The average Bonchev–Trinajstić information content (AvgIpc) is 2.56. The van der Waals surface area contributed by atoms with E-state index in [4.69, 9.17) is 0 Å². The number of rotatable bonds is 3. The Labute approximate surface area is 127 Å². The van der Waals surface area contributed by atoms with Crippen LogP contribution in [0.3, 0.4) is 0 Å². The quantitative estimate of drug-likeness (QED) is 0.567. The second-order valence-electron chi connectivity index (χ2n) is 5.21. The third-order valence-electron chi connectivity index (χ3n) is 3.91. The lowest BCUT2D eigenvalue weighted by atomic mass is 9.87. The highest BCUT2D eigenvalue weighted by molar-refractivity contribution is 5.86. The lowest BCUT2D eigenvalue weighted by molar-refractivity contribution is 1.13. The molecule has 0 fully saturated rings. The topological polar surface area (TPSA) is 0 Å². The molecule has 0 heterocycles. The minimum Gasteiger partial charge on any atom is -0.0622 e. The maximum atomic E-state index is 4.21. The summed E-state index contributed by atoms with van der Waals surface area (Å²) in [5.41, 5.74) is 7.58. The van der Waals surface area contributed by atoms with Crippen LogP contribution in [-0.2, 0) is 6.42 Å². The fraction of sp³-hybridized carbons (Fsp3) is 0.0952. The molecule has 103 valence electrons. The summed E-state index contributed by atoms with van der Waals surface area (Å²) >= 11 is 0. The van der Waals surface area contributed by atoms with Gasteiger partial charge in [-0.05, 0) is 46.7 Å². The maximum Gasteiger partial charge on any atom is -0.00707 e. The van der Waals surface area contributed by atoms with Gasteiger partial charge in [0.25, 0.3) is 0 Å². The standard InChI is InChI=1S/C21H19/c1-3-19-16(2)14-15-20(17-10-6-4-7-11-17)21(19)18-12-8-5-9-13-18/h4-15H,2-3H2,1H3. The Morgan fingerprint density at radius 1 is 0.714 bits per heavy atom. The van der Waals surface area contributed by atoms with Gasteiger partial charge in [-0.1, -0.05) is 79.7 Å². The number of benzene rings is 3. The Bertz CT molecular complexity index is 725. The Kier molecular flexibility index (Phi) is 3.87. The molecular weight excluding hydrogens is 252 g/mol. The predicted octanol–water partition coefficient (Wildman–Crippen LogP) is 5.77. The second kappa shape index (κ2) is 5.97. The van der Waals surface area contributed by atoms with Crippen molar-refractivity contribution < 1.29 is 0 Å². The average molecular weight is 271 g/mol. The fourth-order valence-electron chi connectivity index (χ4n) is 2.89. The largest absolute Gasteiger partial charge is 0.0622 e. The molecule has 0 aliphatic heterocycles. The molecule has 0 aliphatic rings. The zero-order chi connectivity index (χ0) is 14.7. The van der Waals surface area contributed by atoms with Crippen LogP contribution in [-0.4, -0.2) is 0 Å². The Morgan fingerprint density at radius 2 is 1.29 bits per heavy atom. The van der Waals surface area contributed by atoms with Crippen LogP contribution in [0.2, 0.25) is 0 Å². The molecule has 3 aromatic carbocycles. The SMILES string of the molecule is [CH2]c1ccc(-c2ccccc2)c(-c2ccccc2)c1CC. The minimum absolute atomic E-state index is 0.990. The maximum absolute atomic E-state index is 4.21. The molecule has 0 saturated heterocycles. The first-order valence-corrected chi connectivity index (χ1v) is 7.40. The molecule has 0 nitrogen and oxygen atoms in total. The van der Waals surface area contributed by atoms with E-state index in [9.17, 15) is 0 Å². The lowest BCUT2D eigenvalue weighted by Gasteiger charge is -2.17. The first-order chi connectivity index (χ1) is 10.3. The van der Waals surface area contributed by atoms with E-state index in [1.54, 1.807) is 0 Å². The van der Waals surface area contributed by atoms with Gasteiger partial charge in [-0.3, -0.25) is 0 Å². The summed E-state index contributed by atoms with van der Waals surface area (Å²) in [7, 11) is 0. The molecule has 0 unspecified atom stereocenters. The van der Waals surface area contributed by atoms with E-state index in [1.165, 1.54) is 27.8 Å². The van der Waals surface area contributed by atoms with Crippen molar-refractivity contribution in [1.29, 1.82) is 0 Å². The molecule has 1 radical (unpaired) electrons. The van der Waals surface area contributed by atoms with Crippen LogP contribution >= 0.6 is 0 Å². The highest BCUT2D eigenvalue weighted by Gasteiger charge is 2.13. The van der Waals surface area contributed by atoms with Gasteiger partial charge < -0.3 is 0 Å². The predicted molar refractivity (Wildman–Crippen MR) is 91.2 cm³/mol. The number of hydrogen-bond donors (Lipinski definition) is 0. The van der Waals surface area contributed by atoms with Crippen molar-refractivity contribution in [2.75, 3.05) is 0 Å². The summed E-state index contributed by atoms with van der Waals surface area (Å²) < 4.78 is 0. The molecule has 0 heteroatoms. The van der Waals surface area contributed by atoms with Gasteiger partial charge in [0.2, 0.25) is 0 Å². The summed E-state index contributed by atoms with van der Waals surface area (Å²) in [5.74, 6) is 0. The van der Waals surface area contributed by atoms with E-state index in [2.05, 4.69) is 86.6 Å². The Balaban J connectivity index is 2.31. The third-order valence-corrected chi connectivity index (χ3v) is 3.91. The summed E-state index contributed by atoms with van der Waals surface area (Å²) in [6.45, 7) is 6.41. The molecule has 3 rings (SSSR count). The Hall–Kier alpha value is -2.34.